The zero-order valence-corrected chi connectivity index (χ0v) is 15.2. The van der Waals surface area contributed by atoms with E-state index in [1.807, 2.05) is 23.6 Å². The van der Waals surface area contributed by atoms with Gasteiger partial charge in [-0.05, 0) is 25.1 Å². The molecule has 0 unspecified atom stereocenters. The first kappa shape index (κ1) is 15.6. The fourth-order valence-corrected chi connectivity index (χ4v) is 4.39. The lowest BCUT2D eigenvalue weighted by Gasteiger charge is -2.01. The Morgan fingerprint density at radius 3 is 2.75 bits per heavy atom. The molecule has 120 valence electrons. The summed E-state index contributed by atoms with van der Waals surface area (Å²) in [5, 5.41) is 3.58. The minimum atomic E-state index is 0.0133. The molecule has 2 aromatic heterocycles. The highest BCUT2D eigenvalue weighted by Gasteiger charge is 2.11. The van der Waals surface area contributed by atoms with Crippen molar-refractivity contribution in [2.24, 2.45) is 0 Å². The fourth-order valence-electron chi connectivity index (χ4n) is 2.56. The van der Waals surface area contributed by atoms with E-state index in [9.17, 15) is 4.79 Å². The third-order valence-electron chi connectivity index (χ3n) is 3.82. The van der Waals surface area contributed by atoms with E-state index in [-0.39, 0.29) is 4.87 Å². The van der Waals surface area contributed by atoms with Crippen LogP contribution in [0, 0.1) is 6.92 Å². The lowest BCUT2D eigenvalue weighted by Crippen LogP contribution is -2.13. The van der Waals surface area contributed by atoms with Crippen molar-refractivity contribution >= 4 is 44.5 Å². The summed E-state index contributed by atoms with van der Waals surface area (Å²) < 4.78 is 2.68. The number of aromatic nitrogens is 2. The Morgan fingerprint density at radius 1 is 1.17 bits per heavy atom. The molecule has 0 spiro atoms. The Bertz CT molecular complexity index is 1080. The first-order valence-electron chi connectivity index (χ1n) is 7.40. The number of benzene rings is 2. The monoisotopic (exact) mass is 372 g/mol. The van der Waals surface area contributed by atoms with Gasteiger partial charge in [-0.3, -0.25) is 9.36 Å². The molecule has 24 heavy (non-hydrogen) atoms. The standard InChI is InChI=1S/C18H13ClN2OS2/c1-11-2-4-12(5-3-11)14-10-23-17(20-14)9-21-15-8-13(19)6-7-16(15)24-18(21)22/h2-8,10H,9H2,1H3. The van der Waals surface area contributed by atoms with Crippen molar-refractivity contribution in [3.05, 3.63) is 73.1 Å². The predicted molar refractivity (Wildman–Crippen MR) is 102 cm³/mol. The molecule has 0 aliphatic carbocycles. The smallest absolute Gasteiger partial charge is 0.292 e. The van der Waals surface area contributed by atoms with E-state index in [0.29, 0.717) is 11.6 Å². The molecule has 2 aromatic carbocycles. The molecule has 0 aliphatic rings. The fraction of sp³-hybridized carbons (Fsp3) is 0.111. The van der Waals surface area contributed by atoms with Crippen molar-refractivity contribution in [1.82, 2.24) is 9.55 Å². The van der Waals surface area contributed by atoms with Crippen molar-refractivity contribution in [3.63, 3.8) is 0 Å². The summed E-state index contributed by atoms with van der Waals surface area (Å²) in [6.07, 6.45) is 0. The SMILES string of the molecule is Cc1ccc(-c2csc(Cn3c(=O)sc4ccc(Cl)cc43)n2)cc1. The summed E-state index contributed by atoms with van der Waals surface area (Å²) in [6, 6.07) is 13.8. The van der Waals surface area contributed by atoms with Crippen LogP contribution in [0.25, 0.3) is 21.5 Å². The molecule has 0 N–H and O–H groups in total. The number of hydrogen-bond donors (Lipinski definition) is 0. The van der Waals surface area contributed by atoms with Gasteiger partial charge in [0.1, 0.15) is 5.01 Å². The number of halogens is 1. The maximum atomic E-state index is 12.3. The number of rotatable bonds is 3. The van der Waals surface area contributed by atoms with Gasteiger partial charge in [0.05, 0.1) is 22.5 Å². The molecule has 0 saturated carbocycles. The maximum absolute atomic E-state index is 12.3. The quantitative estimate of drug-likeness (QED) is 0.495. The van der Waals surface area contributed by atoms with E-state index in [1.165, 1.54) is 16.9 Å². The molecular weight excluding hydrogens is 360 g/mol. The highest BCUT2D eigenvalue weighted by molar-refractivity contribution is 7.16. The molecule has 3 nitrogen and oxygen atoms in total. The lowest BCUT2D eigenvalue weighted by molar-refractivity contribution is 0.809. The lowest BCUT2D eigenvalue weighted by atomic mass is 10.1. The van der Waals surface area contributed by atoms with Crippen LogP contribution in [0.4, 0.5) is 0 Å². The van der Waals surface area contributed by atoms with Gasteiger partial charge in [0, 0.05) is 16.0 Å². The first-order chi connectivity index (χ1) is 11.6. The van der Waals surface area contributed by atoms with Crippen LogP contribution >= 0.6 is 34.3 Å². The Morgan fingerprint density at radius 2 is 1.96 bits per heavy atom. The van der Waals surface area contributed by atoms with Gasteiger partial charge in [-0.1, -0.05) is 52.8 Å². The van der Waals surface area contributed by atoms with Crippen LogP contribution in [0.2, 0.25) is 5.02 Å². The second-order valence-corrected chi connectivity index (χ2v) is 7.93. The first-order valence-corrected chi connectivity index (χ1v) is 9.48. The van der Waals surface area contributed by atoms with Gasteiger partial charge in [-0.15, -0.1) is 11.3 Å². The van der Waals surface area contributed by atoms with Crippen molar-refractivity contribution in [2.75, 3.05) is 0 Å². The molecule has 6 heteroatoms. The Kier molecular flexibility index (Phi) is 4.00. The van der Waals surface area contributed by atoms with Crippen LogP contribution in [0.5, 0.6) is 0 Å². The molecule has 4 aromatic rings. The zero-order chi connectivity index (χ0) is 16.7. The van der Waals surface area contributed by atoms with Gasteiger partial charge in [0.2, 0.25) is 0 Å². The summed E-state index contributed by atoms with van der Waals surface area (Å²) in [5.41, 5.74) is 4.13. The number of nitrogens with zero attached hydrogens (tertiary/aromatic N) is 2. The van der Waals surface area contributed by atoms with Gasteiger partial charge < -0.3 is 0 Å². The maximum Gasteiger partial charge on any atom is 0.308 e. The minimum absolute atomic E-state index is 0.0133. The molecule has 0 amide bonds. The van der Waals surface area contributed by atoms with Gasteiger partial charge in [0.15, 0.2) is 0 Å². The van der Waals surface area contributed by atoms with E-state index >= 15 is 0 Å². The number of hydrogen-bond acceptors (Lipinski definition) is 4. The molecular formula is C18H13ClN2OS2. The molecule has 0 aliphatic heterocycles. The van der Waals surface area contributed by atoms with Crippen LogP contribution < -0.4 is 4.87 Å². The largest absolute Gasteiger partial charge is 0.308 e. The summed E-state index contributed by atoms with van der Waals surface area (Å²) >= 11 is 8.88. The molecule has 0 radical (unpaired) electrons. The molecule has 2 heterocycles. The average molecular weight is 373 g/mol. The summed E-state index contributed by atoms with van der Waals surface area (Å²) in [4.78, 5) is 17.0. The topological polar surface area (TPSA) is 34.9 Å². The summed E-state index contributed by atoms with van der Waals surface area (Å²) in [5.74, 6) is 0. The second-order valence-electron chi connectivity index (χ2n) is 5.56. The Labute approximate surface area is 151 Å². The van der Waals surface area contributed by atoms with E-state index < -0.39 is 0 Å². The number of aryl methyl sites for hydroxylation is 1. The van der Waals surface area contributed by atoms with Crippen molar-refractivity contribution < 1.29 is 0 Å². The molecule has 0 fully saturated rings. The molecule has 0 saturated heterocycles. The zero-order valence-electron chi connectivity index (χ0n) is 12.8. The van der Waals surface area contributed by atoms with Crippen molar-refractivity contribution in [1.29, 1.82) is 0 Å². The van der Waals surface area contributed by atoms with Crippen LogP contribution in [0.3, 0.4) is 0 Å². The average Bonchev–Trinajstić information content (AvgIpc) is 3.14. The van der Waals surface area contributed by atoms with Crippen LogP contribution in [-0.4, -0.2) is 9.55 Å². The van der Waals surface area contributed by atoms with Crippen LogP contribution in [0.1, 0.15) is 10.6 Å². The van der Waals surface area contributed by atoms with Gasteiger partial charge >= 0.3 is 4.87 Å². The van der Waals surface area contributed by atoms with Crippen molar-refractivity contribution in [3.8, 4) is 11.3 Å². The van der Waals surface area contributed by atoms with Crippen molar-refractivity contribution in [2.45, 2.75) is 13.5 Å². The van der Waals surface area contributed by atoms with E-state index in [0.717, 1.165) is 26.5 Å². The second kappa shape index (κ2) is 6.16. The summed E-state index contributed by atoms with van der Waals surface area (Å²) in [6.45, 7) is 2.53. The highest BCUT2D eigenvalue weighted by Crippen LogP contribution is 2.25. The highest BCUT2D eigenvalue weighted by atomic mass is 35.5. The molecule has 0 bridgehead atoms. The number of fused-ring (bicyclic) bond motifs is 1. The Hall–Kier alpha value is -1.95. The van der Waals surface area contributed by atoms with Gasteiger partial charge in [-0.2, -0.15) is 0 Å². The predicted octanol–water partition coefficient (Wildman–Crippen LogP) is 5.20. The normalized spacial score (nSPS) is 11.2. The third kappa shape index (κ3) is 2.90. The van der Waals surface area contributed by atoms with E-state index in [4.69, 9.17) is 11.6 Å². The minimum Gasteiger partial charge on any atom is -0.292 e. The van der Waals surface area contributed by atoms with E-state index in [2.05, 4.69) is 36.2 Å². The molecule has 0 atom stereocenters. The van der Waals surface area contributed by atoms with Gasteiger partial charge in [-0.25, -0.2) is 4.98 Å². The van der Waals surface area contributed by atoms with E-state index in [1.54, 1.807) is 15.9 Å². The van der Waals surface area contributed by atoms with Crippen LogP contribution in [0.15, 0.2) is 52.6 Å². The summed E-state index contributed by atoms with van der Waals surface area (Å²) in [7, 11) is 0. The van der Waals surface area contributed by atoms with Crippen LogP contribution in [-0.2, 0) is 6.54 Å². The Balaban J connectivity index is 1.69. The number of thiazole rings is 2. The van der Waals surface area contributed by atoms with Gasteiger partial charge in [0.25, 0.3) is 0 Å². The third-order valence-corrected chi connectivity index (χ3v) is 5.85. The molecule has 4 rings (SSSR count).